The number of carboxylic acid groups (broad SMARTS) is 1. The minimum absolute atomic E-state index is 0.00820. The average Bonchev–Trinajstić information content (AvgIpc) is 2.65. The minimum Gasteiger partial charge on any atom is -0.508 e. The van der Waals surface area contributed by atoms with Gasteiger partial charge in [0.25, 0.3) is 0 Å². The minimum atomic E-state index is -1.15. The van der Waals surface area contributed by atoms with Gasteiger partial charge in [0.05, 0.1) is 5.57 Å². The zero-order valence-electron chi connectivity index (χ0n) is 15.2. The lowest BCUT2D eigenvalue weighted by Gasteiger charge is -2.16. The third-order valence-electron chi connectivity index (χ3n) is 3.88. The third-order valence-corrected chi connectivity index (χ3v) is 3.88. The SMILES string of the molecule is C=C/C(C(=O)O)=C(\C=C)c1c2ccc(=O)cc-2oc2cc(O)ccc12.CC. The Kier molecular flexibility index (Phi) is 5.98. The molecule has 0 unspecified atom stereocenters. The van der Waals surface area contributed by atoms with Crippen molar-refractivity contribution in [1.82, 2.24) is 0 Å². The molecule has 0 amide bonds. The number of hydrogen-bond donors (Lipinski definition) is 2. The van der Waals surface area contributed by atoms with Crippen LogP contribution >= 0.6 is 0 Å². The number of phenolic OH excluding ortho intramolecular Hbond substituents is 1. The summed E-state index contributed by atoms with van der Waals surface area (Å²) in [5.74, 6) is -0.869. The fraction of sp³-hybridized carbons (Fsp3) is 0.0909. The Labute approximate surface area is 156 Å². The molecule has 2 aliphatic rings. The predicted molar refractivity (Wildman–Crippen MR) is 107 cm³/mol. The Morgan fingerprint density at radius 3 is 2.37 bits per heavy atom. The summed E-state index contributed by atoms with van der Waals surface area (Å²) in [6.07, 6.45) is 2.67. The van der Waals surface area contributed by atoms with Gasteiger partial charge in [-0.1, -0.05) is 39.2 Å². The Balaban J connectivity index is 0.00000126. The van der Waals surface area contributed by atoms with Crippen molar-refractivity contribution < 1.29 is 19.4 Å². The second-order valence-electron chi connectivity index (χ2n) is 5.36. The van der Waals surface area contributed by atoms with Crippen molar-refractivity contribution in [2.24, 2.45) is 0 Å². The number of phenols is 1. The van der Waals surface area contributed by atoms with Crippen LogP contribution < -0.4 is 5.43 Å². The second-order valence-corrected chi connectivity index (χ2v) is 5.36. The van der Waals surface area contributed by atoms with E-state index in [1.165, 1.54) is 36.4 Å². The van der Waals surface area contributed by atoms with Gasteiger partial charge in [-0.05, 0) is 29.8 Å². The molecule has 1 aliphatic heterocycles. The number of aromatic hydroxyl groups is 1. The van der Waals surface area contributed by atoms with E-state index in [1.807, 2.05) is 13.8 Å². The molecule has 2 N–H and O–H groups in total. The molecule has 1 aromatic rings. The monoisotopic (exact) mass is 364 g/mol. The highest BCUT2D eigenvalue weighted by Gasteiger charge is 2.21. The third kappa shape index (κ3) is 3.67. The molecule has 3 rings (SSSR count). The van der Waals surface area contributed by atoms with Gasteiger partial charge in [-0.2, -0.15) is 0 Å². The number of carbonyl (C=O) groups is 1. The van der Waals surface area contributed by atoms with E-state index in [-0.39, 0.29) is 22.5 Å². The molecule has 1 aromatic carbocycles. The molecule has 0 saturated heterocycles. The Bertz CT molecular complexity index is 1090. The normalized spacial score (nSPS) is 11.3. The van der Waals surface area contributed by atoms with Crippen LogP contribution in [0.25, 0.3) is 27.9 Å². The summed E-state index contributed by atoms with van der Waals surface area (Å²) in [6.45, 7) is 11.3. The lowest BCUT2D eigenvalue weighted by molar-refractivity contribution is -0.132. The molecule has 0 atom stereocenters. The lowest BCUT2D eigenvalue weighted by Crippen LogP contribution is -2.05. The Morgan fingerprint density at radius 2 is 1.78 bits per heavy atom. The molecule has 138 valence electrons. The summed E-state index contributed by atoms with van der Waals surface area (Å²) >= 11 is 0. The number of rotatable bonds is 4. The first-order valence-electron chi connectivity index (χ1n) is 8.38. The topological polar surface area (TPSA) is 87.7 Å². The summed E-state index contributed by atoms with van der Waals surface area (Å²) in [5.41, 5.74) is 1.51. The van der Waals surface area contributed by atoms with Crippen LogP contribution in [0.15, 0.2) is 76.5 Å². The predicted octanol–water partition coefficient (Wildman–Crippen LogP) is 4.84. The van der Waals surface area contributed by atoms with E-state index in [9.17, 15) is 19.8 Å². The smallest absolute Gasteiger partial charge is 0.336 e. The van der Waals surface area contributed by atoms with Crippen LogP contribution in [0, 0.1) is 0 Å². The van der Waals surface area contributed by atoms with E-state index in [1.54, 1.807) is 12.1 Å². The first kappa shape index (κ1) is 19.7. The molecule has 1 heterocycles. The van der Waals surface area contributed by atoms with Crippen LogP contribution in [0.5, 0.6) is 5.75 Å². The van der Waals surface area contributed by atoms with E-state index >= 15 is 0 Å². The van der Waals surface area contributed by atoms with Gasteiger partial charge in [0, 0.05) is 28.6 Å². The molecule has 5 heteroatoms. The first-order valence-corrected chi connectivity index (χ1v) is 8.38. The highest BCUT2D eigenvalue weighted by Crippen LogP contribution is 2.39. The van der Waals surface area contributed by atoms with Gasteiger partial charge >= 0.3 is 5.97 Å². The summed E-state index contributed by atoms with van der Waals surface area (Å²) in [5, 5.41) is 19.8. The number of carboxylic acids is 1. The van der Waals surface area contributed by atoms with Crippen molar-refractivity contribution in [2.45, 2.75) is 13.8 Å². The van der Waals surface area contributed by atoms with Crippen LogP contribution in [-0.4, -0.2) is 16.2 Å². The van der Waals surface area contributed by atoms with Crippen LogP contribution in [0.1, 0.15) is 19.4 Å². The van der Waals surface area contributed by atoms with E-state index in [0.717, 1.165) is 0 Å². The molecule has 0 spiro atoms. The summed E-state index contributed by atoms with van der Waals surface area (Å²) in [6, 6.07) is 8.78. The number of benzene rings is 2. The molecular weight excluding hydrogens is 344 g/mol. The maximum absolute atomic E-state index is 11.7. The van der Waals surface area contributed by atoms with Gasteiger partial charge in [0.1, 0.15) is 17.1 Å². The van der Waals surface area contributed by atoms with Gasteiger partial charge in [-0.3, -0.25) is 4.79 Å². The van der Waals surface area contributed by atoms with E-state index < -0.39 is 5.97 Å². The van der Waals surface area contributed by atoms with Crippen molar-refractivity contribution in [3.8, 4) is 17.1 Å². The lowest BCUT2D eigenvalue weighted by atomic mass is 9.90. The largest absolute Gasteiger partial charge is 0.508 e. The summed E-state index contributed by atoms with van der Waals surface area (Å²) < 4.78 is 5.73. The fourth-order valence-corrected chi connectivity index (χ4v) is 2.81. The van der Waals surface area contributed by atoms with Crippen LogP contribution in [0.3, 0.4) is 0 Å². The molecule has 0 bridgehead atoms. The summed E-state index contributed by atoms with van der Waals surface area (Å²) in [4.78, 5) is 23.3. The molecule has 0 radical (unpaired) electrons. The highest BCUT2D eigenvalue weighted by molar-refractivity contribution is 6.08. The second kappa shape index (κ2) is 8.19. The quantitative estimate of drug-likeness (QED) is 0.393. The van der Waals surface area contributed by atoms with Crippen molar-refractivity contribution in [3.05, 3.63) is 83.1 Å². The molecule has 0 saturated carbocycles. The van der Waals surface area contributed by atoms with Gasteiger partial charge in [-0.25, -0.2) is 4.79 Å². The summed E-state index contributed by atoms with van der Waals surface area (Å²) in [7, 11) is 0. The van der Waals surface area contributed by atoms with Crippen LogP contribution in [0.4, 0.5) is 0 Å². The van der Waals surface area contributed by atoms with E-state index in [0.29, 0.717) is 27.7 Å². The van der Waals surface area contributed by atoms with Crippen molar-refractivity contribution in [3.63, 3.8) is 0 Å². The Hall–Kier alpha value is -3.60. The van der Waals surface area contributed by atoms with Gasteiger partial charge in [0.2, 0.25) is 0 Å². The zero-order chi connectivity index (χ0) is 20.1. The average molecular weight is 364 g/mol. The van der Waals surface area contributed by atoms with Crippen molar-refractivity contribution in [2.75, 3.05) is 0 Å². The number of aliphatic carboxylic acids is 1. The maximum Gasteiger partial charge on any atom is 0.336 e. The zero-order valence-corrected chi connectivity index (χ0v) is 15.2. The fourth-order valence-electron chi connectivity index (χ4n) is 2.81. The van der Waals surface area contributed by atoms with Gasteiger partial charge < -0.3 is 14.6 Å². The number of hydrogen-bond acceptors (Lipinski definition) is 4. The molecular formula is C22H20O5. The van der Waals surface area contributed by atoms with E-state index in [2.05, 4.69) is 13.2 Å². The number of allylic oxidation sites excluding steroid dienone is 2. The maximum atomic E-state index is 11.7. The van der Waals surface area contributed by atoms with Gasteiger partial charge in [0.15, 0.2) is 5.43 Å². The van der Waals surface area contributed by atoms with E-state index in [4.69, 9.17) is 4.42 Å². The molecule has 0 aromatic heterocycles. The number of fused-ring (bicyclic) bond motifs is 2. The standard InChI is InChI=1S/C20H14O5.C2H6/c1-3-13(14(4-2)20(23)24)19-15-7-5-11(21)9-17(15)25-18-10-12(22)6-8-16(18)19;1-2/h3-10,21H,1-2H2,(H,23,24);1-2H3/b14-13-;. The molecule has 1 aliphatic carbocycles. The van der Waals surface area contributed by atoms with Gasteiger partial charge in [-0.15, -0.1) is 0 Å². The Morgan fingerprint density at radius 1 is 1.07 bits per heavy atom. The van der Waals surface area contributed by atoms with Crippen molar-refractivity contribution in [1.29, 1.82) is 0 Å². The molecule has 27 heavy (non-hydrogen) atoms. The van der Waals surface area contributed by atoms with Crippen LogP contribution in [-0.2, 0) is 4.79 Å². The van der Waals surface area contributed by atoms with Crippen molar-refractivity contribution >= 4 is 22.5 Å². The molecule has 5 nitrogen and oxygen atoms in total. The first-order chi connectivity index (χ1) is 13.0. The molecule has 0 fully saturated rings. The highest BCUT2D eigenvalue weighted by atomic mass is 16.4. The van der Waals surface area contributed by atoms with Crippen LogP contribution in [0.2, 0.25) is 0 Å².